The van der Waals surface area contributed by atoms with Gasteiger partial charge in [-0.2, -0.15) is 9.78 Å². The lowest BCUT2D eigenvalue weighted by Crippen LogP contribution is -2.32. The maximum Gasteiger partial charge on any atom is 0.275 e. The van der Waals surface area contributed by atoms with Crippen LogP contribution in [-0.2, 0) is 4.79 Å². The highest BCUT2D eigenvalue weighted by atomic mass is 16.5. The number of nitrogens with zero attached hydrogens (tertiary/aromatic N) is 3. The monoisotopic (exact) mass is 386 g/mol. The zero-order valence-corrected chi connectivity index (χ0v) is 15.6. The summed E-state index contributed by atoms with van der Waals surface area (Å²) in [5, 5.41) is 16.7. The molecule has 0 aliphatic carbocycles. The number of carbonyl (C=O) groups is 2. The van der Waals surface area contributed by atoms with Gasteiger partial charge in [-0.15, -0.1) is 0 Å². The Morgan fingerprint density at radius 3 is 2.82 bits per heavy atom. The van der Waals surface area contributed by atoms with E-state index in [-0.39, 0.29) is 11.6 Å². The molecule has 0 atom stereocenters. The third-order valence-corrected chi connectivity index (χ3v) is 4.50. The Bertz CT molecular complexity index is 940. The third-order valence-electron chi connectivity index (χ3n) is 4.50. The molecule has 0 unspecified atom stereocenters. The molecule has 1 aromatic carbocycles. The van der Waals surface area contributed by atoms with Crippen molar-refractivity contribution < 1.29 is 19.4 Å². The van der Waals surface area contributed by atoms with Crippen molar-refractivity contribution >= 4 is 11.8 Å². The molecule has 148 valence electrons. The highest BCUT2D eigenvalue weighted by molar-refractivity contribution is 5.94. The number of hydrogen-bond donors (Lipinski definition) is 2. The van der Waals surface area contributed by atoms with Gasteiger partial charge in [-0.3, -0.25) is 14.4 Å². The van der Waals surface area contributed by atoms with Gasteiger partial charge < -0.3 is 20.1 Å². The number of ether oxygens (including phenoxy) is 1. The molecule has 1 fully saturated rings. The number of aromatic nitrogens is 2. The predicted octanol–water partition coefficient (Wildman–Crippen LogP) is 0.689. The molecule has 28 heavy (non-hydrogen) atoms. The van der Waals surface area contributed by atoms with E-state index in [0.717, 1.165) is 23.7 Å². The lowest BCUT2D eigenvalue weighted by Gasteiger charge is -2.15. The van der Waals surface area contributed by atoms with E-state index in [1.54, 1.807) is 29.2 Å². The van der Waals surface area contributed by atoms with Crippen molar-refractivity contribution in [2.45, 2.75) is 19.3 Å². The van der Waals surface area contributed by atoms with E-state index >= 15 is 0 Å². The molecule has 3 rings (SSSR count). The smallest absolute Gasteiger partial charge is 0.275 e. The zero-order valence-electron chi connectivity index (χ0n) is 15.6. The van der Waals surface area contributed by atoms with Crippen LogP contribution in [0.2, 0.25) is 0 Å². The second-order valence-electron chi connectivity index (χ2n) is 6.39. The van der Waals surface area contributed by atoms with Gasteiger partial charge in [0.05, 0.1) is 7.11 Å². The number of rotatable bonds is 7. The highest BCUT2D eigenvalue weighted by Gasteiger charge is 2.20. The highest BCUT2D eigenvalue weighted by Crippen LogP contribution is 2.21. The van der Waals surface area contributed by atoms with Crippen molar-refractivity contribution in [1.29, 1.82) is 0 Å². The van der Waals surface area contributed by atoms with Gasteiger partial charge in [0, 0.05) is 32.1 Å². The molecule has 1 saturated heterocycles. The Kier molecular flexibility index (Phi) is 5.93. The van der Waals surface area contributed by atoms with Crippen molar-refractivity contribution in [3.8, 4) is 17.2 Å². The molecular formula is C19H22N4O5. The van der Waals surface area contributed by atoms with Gasteiger partial charge in [0.15, 0.2) is 11.4 Å². The minimum atomic E-state index is -0.603. The normalized spacial score (nSPS) is 13.6. The van der Waals surface area contributed by atoms with Gasteiger partial charge in [-0.1, -0.05) is 12.1 Å². The second-order valence-corrected chi connectivity index (χ2v) is 6.39. The third kappa shape index (κ3) is 4.13. The van der Waals surface area contributed by atoms with Crippen molar-refractivity contribution in [3.05, 3.63) is 46.4 Å². The van der Waals surface area contributed by atoms with Crippen LogP contribution in [0.15, 0.2) is 35.1 Å². The van der Waals surface area contributed by atoms with Gasteiger partial charge in [-0.05, 0) is 25.0 Å². The molecule has 0 radical (unpaired) electrons. The maximum atomic E-state index is 12.4. The molecule has 2 aromatic rings. The van der Waals surface area contributed by atoms with Crippen LogP contribution in [0.5, 0.6) is 11.5 Å². The largest absolute Gasteiger partial charge is 0.505 e. The van der Waals surface area contributed by atoms with Crippen molar-refractivity contribution in [1.82, 2.24) is 20.0 Å². The number of benzene rings is 1. The molecule has 0 saturated carbocycles. The molecular weight excluding hydrogens is 364 g/mol. The van der Waals surface area contributed by atoms with Crippen LogP contribution in [0.25, 0.3) is 5.69 Å². The fourth-order valence-corrected chi connectivity index (χ4v) is 3.08. The number of para-hydroxylation sites is 2. The zero-order chi connectivity index (χ0) is 20.1. The summed E-state index contributed by atoms with van der Waals surface area (Å²) in [7, 11) is 1.46. The fraction of sp³-hybridized carbons (Fsp3) is 0.368. The van der Waals surface area contributed by atoms with Crippen LogP contribution < -0.4 is 15.6 Å². The number of methoxy groups -OCH3 is 1. The lowest BCUT2D eigenvalue weighted by atomic mass is 10.2. The molecule has 0 spiro atoms. The molecule has 1 aliphatic heterocycles. The topological polar surface area (TPSA) is 114 Å². The molecule has 1 aromatic heterocycles. The molecule has 9 nitrogen and oxygen atoms in total. The summed E-state index contributed by atoms with van der Waals surface area (Å²) < 4.78 is 6.24. The van der Waals surface area contributed by atoms with Crippen LogP contribution in [0.1, 0.15) is 29.8 Å². The fourth-order valence-electron chi connectivity index (χ4n) is 3.08. The summed E-state index contributed by atoms with van der Waals surface area (Å²) >= 11 is 0. The Hall–Kier alpha value is -3.36. The molecule has 9 heteroatoms. The standard InChI is InChI=1S/C19H22N4O5/c1-28-15-7-3-2-6-13(15)23-17(26)12-14(24)18(21-23)19(27)20-9-5-11-22-10-4-8-16(22)25/h2-3,6-7,12,24H,4-5,8-11H2,1H3,(H,20,27). The van der Waals surface area contributed by atoms with Gasteiger partial charge >= 0.3 is 0 Å². The Labute approximate surface area is 161 Å². The first-order chi connectivity index (χ1) is 13.5. The van der Waals surface area contributed by atoms with Gasteiger partial charge in [0.2, 0.25) is 5.91 Å². The van der Waals surface area contributed by atoms with Gasteiger partial charge in [0.1, 0.15) is 11.4 Å². The van der Waals surface area contributed by atoms with Crippen LogP contribution in [0, 0.1) is 0 Å². The number of hydrogen-bond acceptors (Lipinski definition) is 6. The summed E-state index contributed by atoms with van der Waals surface area (Å²) in [5.41, 5.74) is -0.495. The Morgan fingerprint density at radius 2 is 2.11 bits per heavy atom. The van der Waals surface area contributed by atoms with Crippen LogP contribution in [0.4, 0.5) is 0 Å². The number of carbonyl (C=O) groups excluding carboxylic acids is 2. The summed E-state index contributed by atoms with van der Waals surface area (Å²) in [4.78, 5) is 38.0. The summed E-state index contributed by atoms with van der Waals surface area (Å²) in [6.45, 7) is 1.63. The van der Waals surface area contributed by atoms with E-state index < -0.39 is 17.2 Å². The first-order valence-electron chi connectivity index (χ1n) is 9.04. The molecule has 0 bridgehead atoms. The number of nitrogens with one attached hydrogen (secondary N) is 1. The first kappa shape index (κ1) is 19.4. The average molecular weight is 386 g/mol. The average Bonchev–Trinajstić information content (AvgIpc) is 3.10. The summed E-state index contributed by atoms with van der Waals surface area (Å²) in [5.74, 6) is -0.559. The molecule has 2 N–H and O–H groups in total. The summed E-state index contributed by atoms with van der Waals surface area (Å²) in [6.07, 6.45) is 2.03. The first-order valence-corrected chi connectivity index (χ1v) is 9.04. The quantitative estimate of drug-likeness (QED) is 0.677. The minimum absolute atomic E-state index is 0.134. The predicted molar refractivity (Wildman–Crippen MR) is 101 cm³/mol. The maximum absolute atomic E-state index is 12.4. The van der Waals surface area contributed by atoms with E-state index in [1.807, 2.05) is 0 Å². The van der Waals surface area contributed by atoms with Crippen molar-refractivity contribution in [2.75, 3.05) is 26.7 Å². The van der Waals surface area contributed by atoms with Gasteiger partial charge in [-0.25, -0.2) is 0 Å². The van der Waals surface area contributed by atoms with Gasteiger partial charge in [0.25, 0.3) is 11.5 Å². The SMILES string of the molecule is COc1ccccc1-n1nc(C(=O)NCCCN2CCCC2=O)c(O)cc1=O. The number of amides is 2. The Balaban J connectivity index is 1.71. The Morgan fingerprint density at radius 1 is 1.32 bits per heavy atom. The summed E-state index contributed by atoms with van der Waals surface area (Å²) in [6, 6.07) is 7.68. The number of likely N-dealkylation sites (tertiary alicyclic amines) is 1. The molecule has 2 heterocycles. The molecule has 1 aliphatic rings. The van der Waals surface area contributed by atoms with E-state index in [1.165, 1.54) is 7.11 Å². The van der Waals surface area contributed by atoms with Crippen LogP contribution >= 0.6 is 0 Å². The van der Waals surface area contributed by atoms with E-state index in [0.29, 0.717) is 37.4 Å². The lowest BCUT2D eigenvalue weighted by molar-refractivity contribution is -0.127. The van der Waals surface area contributed by atoms with Crippen molar-refractivity contribution in [2.24, 2.45) is 0 Å². The number of aromatic hydroxyl groups is 1. The second kappa shape index (κ2) is 8.55. The molecule has 2 amide bonds. The van der Waals surface area contributed by atoms with E-state index in [9.17, 15) is 19.5 Å². The minimum Gasteiger partial charge on any atom is -0.505 e. The van der Waals surface area contributed by atoms with Crippen LogP contribution in [-0.4, -0.2) is 58.3 Å². The van der Waals surface area contributed by atoms with Crippen molar-refractivity contribution in [3.63, 3.8) is 0 Å². The van der Waals surface area contributed by atoms with Crippen LogP contribution in [0.3, 0.4) is 0 Å². The van der Waals surface area contributed by atoms with E-state index in [4.69, 9.17) is 4.74 Å². The van der Waals surface area contributed by atoms with E-state index in [2.05, 4.69) is 10.4 Å².